The van der Waals surface area contributed by atoms with Gasteiger partial charge in [-0.2, -0.15) is 0 Å². The molecule has 1 fully saturated rings. The van der Waals surface area contributed by atoms with Crippen LogP contribution >= 0.6 is 0 Å². The Morgan fingerprint density at radius 2 is 2.28 bits per heavy atom. The summed E-state index contributed by atoms with van der Waals surface area (Å²) >= 11 is 0. The first-order valence-electron chi connectivity index (χ1n) is 7.16. The van der Waals surface area contributed by atoms with E-state index in [9.17, 15) is 4.79 Å². The third kappa shape index (κ3) is 3.69. The van der Waals surface area contributed by atoms with E-state index < -0.39 is 5.41 Å². The summed E-state index contributed by atoms with van der Waals surface area (Å²) < 4.78 is 5.31. The molecule has 4 heteroatoms. The molecule has 3 atom stereocenters. The van der Waals surface area contributed by atoms with Crippen LogP contribution < -0.4 is 11.1 Å². The zero-order chi connectivity index (χ0) is 13.6. The van der Waals surface area contributed by atoms with Gasteiger partial charge in [-0.25, -0.2) is 0 Å². The van der Waals surface area contributed by atoms with Gasteiger partial charge < -0.3 is 15.8 Å². The van der Waals surface area contributed by atoms with E-state index in [2.05, 4.69) is 19.2 Å². The monoisotopic (exact) mass is 256 g/mol. The van der Waals surface area contributed by atoms with Gasteiger partial charge >= 0.3 is 0 Å². The summed E-state index contributed by atoms with van der Waals surface area (Å²) in [5.74, 6) is 0.624. The molecule has 0 spiro atoms. The lowest BCUT2D eigenvalue weighted by atomic mass is 9.84. The van der Waals surface area contributed by atoms with Crippen LogP contribution in [0, 0.1) is 11.3 Å². The summed E-state index contributed by atoms with van der Waals surface area (Å²) in [4.78, 5) is 12.2. The van der Waals surface area contributed by atoms with E-state index >= 15 is 0 Å². The minimum Gasteiger partial charge on any atom is -0.379 e. The summed E-state index contributed by atoms with van der Waals surface area (Å²) in [5, 5.41) is 3.06. The Morgan fingerprint density at radius 3 is 2.78 bits per heavy atom. The van der Waals surface area contributed by atoms with Crippen molar-refractivity contribution < 1.29 is 9.53 Å². The molecule has 106 valence electrons. The van der Waals surface area contributed by atoms with Crippen molar-refractivity contribution >= 4 is 5.91 Å². The van der Waals surface area contributed by atoms with Gasteiger partial charge in [0.25, 0.3) is 0 Å². The van der Waals surface area contributed by atoms with E-state index in [4.69, 9.17) is 10.5 Å². The molecule has 0 aliphatic carbocycles. The predicted molar refractivity (Wildman–Crippen MR) is 73.2 cm³/mol. The van der Waals surface area contributed by atoms with Crippen molar-refractivity contribution in [1.29, 1.82) is 0 Å². The number of hydrogen-bond donors (Lipinski definition) is 2. The van der Waals surface area contributed by atoms with Gasteiger partial charge in [-0.15, -0.1) is 0 Å². The van der Waals surface area contributed by atoms with Crippen molar-refractivity contribution in [3.63, 3.8) is 0 Å². The van der Waals surface area contributed by atoms with Crippen LogP contribution in [0.4, 0.5) is 0 Å². The SMILES string of the molecule is CCCCC(CC)CNC(=O)C1(C)COCC1N. The number of amides is 1. The highest BCUT2D eigenvalue weighted by Crippen LogP contribution is 2.27. The van der Waals surface area contributed by atoms with Gasteiger partial charge in [0.1, 0.15) is 0 Å². The number of nitrogens with one attached hydrogen (secondary N) is 1. The molecule has 0 aromatic carbocycles. The topological polar surface area (TPSA) is 64.3 Å². The predicted octanol–water partition coefficient (Wildman–Crippen LogP) is 1.68. The molecular weight excluding hydrogens is 228 g/mol. The molecule has 4 nitrogen and oxygen atoms in total. The number of ether oxygens (including phenoxy) is 1. The highest BCUT2D eigenvalue weighted by Gasteiger charge is 2.44. The number of nitrogens with two attached hydrogens (primary N) is 1. The normalized spacial score (nSPS) is 29.2. The van der Waals surface area contributed by atoms with Crippen molar-refractivity contribution in [3.05, 3.63) is 0 Å². The second kappa shape index (κ2) is 7.10. The second-order valence-corrected chi connectivity index (χ2v) is 5.67. The van der Waals surface area contributed by atoms with Crippen molar-refractivity contribution in [3.8, 4) is 0 Å². The number of rotatable bonds is 7. The van der Waals surface area contributed by atoms with E-state index in [1.807, 2.05) is 6.92 Å². The zero-order valence-corrected chi connectivity index (χ0v) is 12.0. The lowest BCUT2D eigenvalue weighted by Gasteiger charge is -2.26. The van der Waals surface area contributed by atoms with Crippen LogP contribution in [0.2, 0.25) is 0 Å². The molecule has 0 aromatic rings. The molecule has 1 aliphatic heterocycles. The summed E-state index contributed by atoms with van der Waals surface area (Å²) in [6, 6.07) is -0.187. The summed E-state index contributed by atoms with van der Waals surface area (Å²) in [5.41, 5.74) is 5.39. The van der Waals surface area contributed by atoms with Crippen molar-refractivity contribution in [2.75, 3.05) is 19.8 Å². The van der Waals surface area contributed by atoms with E-state index in [0.717, 1.165) is 13.0 Å². The molecule has 1 amide bonds. The minimum atomic E-state index is -0.553. The molecule has 0 bridgehead atoms. The number of carbonyl (C=O) groups excluding carboxylic acids is 1. The van der Waals surface area contributed by atoms with E-state index in [0.29, 0.717) is 19.1 Å². The first-order valence-corrected chi connectivity index (χ1v) is 7.16. The number of hydrogen-bond acceptors (Lipinski definition) is 3. The first-order chi connectivity index (χ1) is 8.54. The molecule has 0 aromatic heterocycles. The summed E-state index contributed by atoms with van der Waals surface area (Å²) in [6.45, 7) is 7.95. The Hall–Kier alpha value is -0.610. The summed E-state index contributed by atoms with van der Waals surface area (Å²) in [6.07, 6.45) is 4.74. The Labute approximate surface area is 111 Å². The van der Waals surface area contributed by atoms with Gasteiger partial charge in [0, 0.05) is 12.6 Å². The lowest BCUT2D eigenvalue weighted by Crippen LogP contribution is -2.50. The van der Waals surface area contributed by atoms with Crippen LogP contribution in [0.15, 0.2) is 0 Å². The van der Waals surface area contributed by atoms with Crippen LogP contribution in [-0.4, -0.2) is 31.7 Å². The van der Waals surface area contributed by atoms with E-state index in [1.54, 1.807) is 0 Å². The molecule has 3 N–H and O–H groups in total. The molecule has 0 radical (unpaired) electrons. The second-order valence-electron chi connectivity index (χ2n) is 5.67. The van der Waals surface area contributed by atoms with Crippen LogP contribution in [0.1, 0.15) is 46.5 Å². The van der Waals surface area contributed by atoms with Gasteiger partial charge in [0.2, 0.25) is 5.91 Å². The standard InChI is InChI=1S/C14H28N2O2/c1-4-6-7-11(5-2)8-16-13(17)14(3)10-18-9-12(14)15/h11-12H,4-10,15H2,1-3H3,(H,16,17). The maximum Gasteiger partial charge on any atom is 0.229 e. The average Bonchev–Trinajstić information content (AvgIpc) is 2.71. The molecular formula is C14H28N2O2. The highest BCUT2D eigenvalue weighted by atomic mass is 16.5. The summed E-state index contributed by atoms with van der Waals surface area (Å²) in [7, 11) is 0. The molecule has 1 saturated heterocycles. The van der Waals surface area contributed by atoms with E-state index in [1.165, 1.54) is 19.3 Å². The zero-order valence-electron chi connectivity index (χ0n) is 12.0. The molecule has 0 saturated carbocycles. The van der Waals surface area contributed by atoms with Gasteiger partial charge in [-0.05, 0) is 19.3 Å². The van der Waals surface area contributed by atoms with Crippen LogP contribution in [0.5, 0.6) is 0 Å². The fourth-order valence-corrected chi connectivity index (χ4v) is 2.31. The molecule has 18 heavy (non-hydrogen) atoms. The van der Waals surface area contributed by atoms with Crippen LogP contribution in [0.3, 0.4) is 0 Å². The van der Waals surface area contributed by atoms with Crippen molar-refractivity contribution in [2.45, 2.75) is 52.5 Å². The lowest BCUT2D eigenvalue weighted by molar-refractivity contribution is -0.130. The fourth-order valence-electron chi connectivity index (χ4n) is 2.31. The smallest absolute Gasteiger partial charge is 0.229 e. The minimum absolute atomic E-state index is 0.0439. The third-order valence-corrected chi connectivity index (χ3v) is 4.13. The number of unbranched alkanes of at least 4 members (excludes halogenated alkanes) is 1. The fraction of sp³-hybridized carbons (Fsp3) is 0.929. The Bertz CT molecular complexity index is 271. The molecule has 1 heterocycles. The van der Waals surface area contributed by atoms with E-state index in [-0.39, 0.29) is 11.9 Å². The van der Waals surface area contributed by atoms with Crippen LogP contribution in [-0.2, 0) is 9.53 Å². The first kappa shape index (κ1) is 15.4. The third-order valence-electron chi connectivity index (χ3n) is 4.13. The molecule has 1 aliphatic rings. The number of carbonyl (C=O) groups is 1. The Kier molecular flexibility index (Phi) is 6.09. The molecule has 1 rings (SSSR count). The van der Waals surface area contributed by atoms with Crippen LogP contribution in [0.25, 0.3) is 0 Å². The largest absolute Gasteiger partial charge is 0.379 e. The van der Waals surface area contributed by atoms with Gasteiger partial charge in [0.05, 0.1) is 18.6 Å². The van der Waals surface area contributed by atoms with Gasteiger partial charge in [-0.3, -0.25) is 4.79 Å². The average molecular weight is 256 g/mol. The van der Waals surface area contributed by atoms with Crippen molar-refractivity contribution in [2.24, 2.45) is 17.1 Å². The Morgan fingerprint density at radius 1 is 1.56 bits per heavy atom. The quantitative estimate of drug-likeness (QED) is 0.728. The Balaban J connectivity index is 2.39. The maximum absolute atomic E-state index is 12.2. The maximum atomic E-state index is 12.2. The van der Waals surface area contributed by atoms with Gasteiger partial charge in [0.15, 0.2) is 0 Å². The molecule has 3 unspecified atom stereocenters. The van der Waals surface area contributed by atoms with Gasteiger partial charge in [-0.1, -0.05) is 33.1 Å². The highest BCUT2D eigenvalue weighted by molar-refractivity contribution is 5.83. The van der Waals surface area contributed by atoms with Crippen molar-refractivity contribution in [1.82, 2.24) is 5.32 Å².